The second-order valence-electron chi connectivity index (χ2n) is 6.28. The van der Waals surface area contributed by atoms with Crippen molar-refractivity contribution in [1.82, 2.24) is 15.4 Å². The number of halogens is 2. The lowest BCUT2D eigenvalue weighted by Gasteiger charge is -2.09. The SMILES string of the molecule is CCCSc1cc(N[C@@H]2C[C@H]2c2ccc(F)c(F)c2)c2n[nH]nc2c1. The second-order valence-corrected chi connectivity index (χ2v) is 7.45. The maximum Gasteiger partial charge on any atom is 0.159 e. The lowest BCUT2D eigenvalue weighted by Crippen LogP contribution is -2.05. The van der Waals surface area contributed by atoms with Gasteiger partial charge in [0.1, 0.15) is 11.0 Å². The van der Waals surface area contributed by atoms with Crippen molar-refractivity contribution >= 4 is 28.5 Å². The van der Waals surface area contributed by atoms with E-state index in [9.17, 15) is 8.78 Å². The number of hydrogen-bond donors (Lipinski definition) is 2. The molecular weight excluding hydrogens is 342 g/mol. The maximum atomic E-state index is 13.4. The normalized spacial score (nSPS) is 19.3. The van der Waals surface area contributed by atoms with Gasteiger partial charge in [-0.2, -0.15) is 15.4 Å². The number of rotatable bonds is 6. The average Bonchev–Trinajstić information content (AvgIpc) is 3.19. The van der Waals surface area contributed by atoms with Gasteiger partial charge in [0.05, 0.1) is 5.69 Å². The molecule has 2 atom stereocenters. The number of H-pyrrole nitrogens is 1. The largest absolute Gasteiger partial charge is 0.380 e. The van der Waals surface area contributed by atoms with Gasteiger partial charge in [-0.1, -0.05) is 13.0 Å². The lowest BCUT2D eigenvalue weighted by molar-refractivity contribution is 0.507. The molecule has 2 N–H and O–H groups in total. The minimum absolute atomic E-state index is 0.184. The molecule has 1 aromatic heterocycles. The second kappa shape index (κ2) is 6.63. The van der Waals surface area contributed by atoms with Gasteiger partial charge in [-0.15, -0.1) is 11.8 Å². The minimum atomic E-state index is -0.807. The first-order chi connectivity index (χ1) is 12.2. The number of hydrogen-bond acceptors (Lipinski definition) is 4. The summed E-state index contributed by atoms with van der Waals surface area (Å²) in [5, 5.41) is 14.6. The van der Waals surface area contributed by atoms with Crippen molar-refractivity contribution in [3.05, 3.63) is 47.5 Å². The summed E-state index contributed by atoms with van der Waals surface area (Å²) in [5.74, 6) is -0.369. The van der Waals surface area contributed by atoms with E-state index in [0.29, 0.717) is 0 Å². The van der Waals surface area contributed by atoms with Crippen LogP contribution in [0.25, 0.3) is 11.0 Å². The van der Waals surface area contributed by atoms with Crippen LogP contribution >= 0.6 is 11.8 Å². The smallest absolute Gasteiger partial charge is 0.159 e. The van der Waals surface area contributed by atoms with Crippen LogP contribution in [-0.2, 0) is 0 Å². The third-order valence-corrected chi connectivity index (χ3v) is 5.55. The van der Waals surface area contributed by atoms with E-state index in [-0.39, 0.29) is 12.0 Å². The van der Waals surface area contributed by atoms with Gasteiger partial charge in [0, 0.05) is 16.9 Å². The molecule has 0 saturated heterocycles. The summed E-state index contributed by atoms with van der Waals surface area (Å²) >= 11 is 1.79. The van der Waals surface area contributed by atoms with Crippen molar-refractivity contribution in [2.24, 2.45) is 0 Å². The Morgan fingerprint density at radius 1 is 1.20 bits per heavy atom. The van der Waals surface area contributed by atoms with Gasteiger partial charge in [0.25, 0.3) is 0 Å². The number of thioether (sulfide) groups is 1. The van der Waals surface area contributed by atoms with Crippen LogP contribution in [0.5, 0.6) is 0 Å². The molecule has 4 nitrogen and oxygen atoms in total. The number of aromatic amines is 1. The van der Waals surface area contributed by atoms with Crippen molar-refractivity contribution in [2.45, 2.75) is 36.6 Å². The summed E-state index contributed by atoms with van der Waals surface area (Å²) in [6.07, 6.45) is 1.99. The van der Waals surface area contributed by atoms with Crippen LogP contribution in [0.2, 0.25) is 0 Å². The summed E-state index contributed by atoms with van der Waals surface area (Å²) in [6.45, 7) is 2.15. The molecule has 1 aliphatic carbocycles. The standard InChI is InChI=1S/C18H18F2N4S/c1-2-5-25-11-7-16(18-17(8-11)22-24-23-18)21-15-9-12(15)10-3-4-13(19)14(20)6-10/h3-4,6-8,12,15,21H,2,5,9H2,1H3,(H,22,23,24)/t12-,15+/m0/s1. The molecule has 0 spiro atoms. The minimum Gasteiger partial charge on any atom is -0.380 e. The molecular formula is C18H18F2N4S. The van der Waals surface area contributed by atoms with E-state index in [1.807, 2.05) is 6.07 Å². The predicted molar refractivity (Wildman–Crippen MR) is 96.0 cm³/mol. The topological polar surface area (TPSA) is 53.6 Å². The fraction of sp³-hybridized carbons (Fsp3) is 0.333. The Hall–Kier alpha value is -2.15. The van der Waals surface area contributed by atoms with Gasteiger partial charge in [-0.05, 0) is 48.4 Å². The monoisotopic (exact) mass is 360 g/mol. The lowest BCUT2D eigenvalue weighted by atomic mass is 10.1. The third kappa shape index (κ3) is 3.33. The highest BCUT2D eigenvalue weighted by Gasteiger charge is 2.39. The zero-order valence-electron chi connectivity index (χ0n) is 13.7. The highest BCUT2D eigenvalue weighted by Crippen LogP contribution is 2.44. The van der Waals surface area contributed by atoms with Crippen LogP contribution < -0.4 is 5.32 Å². The van der Waals surface area contributed by atoms with E-state index >= 15 is 0 Å². The van der Waals surface area contributed by atoms with Crippen molar-refractivity contribution in [3.8, 4) is 0 Å². The van der Waals surface area contributed by atoms with E-state index in [0.717, 1.165) is 45.8 Å². The van der Waals surface area contributed by atoms with Crippen molar-refractivity contribution in [3.63, 3.8) is 0 Å². The summed E-state index contributed by atoms with van der Waals surface area (Å²) in [4.78, 5) is 1.15. The van der Waals surface area contributed by atoms with Crippen LogP contribution in [0.15, 0.2) is 35.2 Å². The molecule has 130 valence electrons. The number of fused-ring (bicyclic) bond motifs is 1. The van der Waals surface area contributed by atoms with E-state index < -0.39 is 11.6 Å². The number of nitrogens with zero attached hydrogens (tertiary/aromatic N) is 2. The Morgan fingerprint density at radius 3 is 2.88 bits per heavy atom. The molecule has 1 aliphatic rings. The Labute approximate surface area is 148 Å². The molecule has 1 heterocycles. The van der Waals surface area contributed by atoms with Gasteiger partial charge in [0.15, 0.2) is 11.6 Å². The molecule has 2 aromatic carbocycles. The molecule has 0 unspecified atom stereocenters. The van der Waals surface area contributed by atoms with Gasteiger partial charge in [-0.25, -0.2) is 8.78 Å². The molecule has 1 saturated carbocycles. The number of aromatic nitrogens is 3. The zero-order chi connectivity index (χ0) is 17.4. The van der Waals surface area contributed by atoms with E-state index in [2.05, 4.69) is 33.7 Å². The molecule has 0 aliphatic heterocycles. The quantitative estimate of drug-likeness (QED) is 0.625. The highest BCUT2D eigenvalue weighted by atomic mass is 32.2. The molecule has 25 heavy (non-hydrogen) atoms. The summed E-state index contributed by atoms with van der Waals surface area (Å²) < 4.78 is 26.5. The summed E-state index contributed by atoms with van der Waals surface area (Å²) in [5.41, 5.74) is 3.38. The van der Waals surface area contributed by atoms with Crippen molar-refractivity contribution < 1.29 is 8.78 Å². The fourth-order valence-electron chi connectivity index (χ4n) is 3.00. The zero-order valence-corrected chi connectivity index (χ0v) is 14.5. The average molecular weight is 360 g/mol. The Morgan fingerprint density at radius 2 is 2.08 bits per heavy atom. The van der Waals surface area contributed by atoms with Crippen LogP contribution in [-0.4, -0.2) is 27.2 Å². The predicted octanol–water partition coefficient (Wildman–Crippen LogP) is 4.71. The van der Waals surface area contributed by atoms with Crippen LogP contribution in [0, 0.1) is 11.6 Å². The molecule has 0 bridgehead atoms. The fourth-order valence-corrected chi connectivity index (χ4v) is 3.84. The summed E-state index contributed by atoms with van der Waals surface area (Å²) in [7, 11) is 0. The Bertz CT molecular complexity index is 911. The van der Waals surface area contributed by atoms with Crippen molar-refractivity contribution in [2.75, 3.05) is 11.1 Å². The van der Waals surface area contributed by atoms with Crippen molar-refractivity contribution in [1.29, 1.82) is 0 Å². The molecule has 7 heteroatoms. The summed E-state index contributed by atoms with van der Waals surface area (Å²) in [6, 6.07) is 8.45. The molecule has 0 amide bonds. The van der Waals surface area contributed by atoms with Crippen LogP contribution in [0.4, 0.5) is 14.5 Å². The molecule has 3 aromatic rings. The first-order valence-electron chi connectivity index (χ1n) is 8.34. The first-order valence-corrected chi connectivity index (χ1v) is 9.33. The molecule has 4 rings (SSSR count). The molecule has 1 fully saturated rings. The van der Waals surface area contributed by atoms with E-state index in [4.69, 9.17) is 0 Å². The Balaban J connectivity index is 1.54. The van der Waals surface area contributed by atoms with E-state index in [1.54, 1.807) is 17.8 Å². The highest BCUT2D eigenvalue weighted by molar-refractivity contribution is 7.99. The number of anilines is 1. The van der Waals surface area contributed by atoms with Gasteiger partial charge < -0.3 is 5.32 Å². The van der Waals surface area contributed by atoms with E-state index in [1.165, 1.54) is 12.1 Å². The molecule has 0 radical (unpaired) electrons. The van der Waals surface area contributed by atoms with Crippen LogP contribution in [0.1, 0.15) is 31.2 Å². The third-order valence-electron chi connectivity index (χ3n) is 4.37. The number of nitrogens with one attached hydrogen (secondary N) is 2. The van der Waals surface area contributed by atoms with Crippen LogP contribution in [0.3, 0.4) is 0 Å². The maximum absolute atomic E-state index is 13.4. The number of benzene rings is 2. The van der Waals surface area contributed by atoms with Gasteiger partial charge >= 0.3 is 0 Å². The van der Waals surface area contributed by atoms with Gasteiger partial charge in [-0.3, -0.25) is 0 Å². The first kappa shape index (κ1) is 16.3. The Kier molecular flexibility index (Phi) is 4.33. The van der Waals surface area contributed by atoms with Gasteiger partial charge in [0.2, 0.25) is 0 Å².